The molecule has 0 amide bonds. The Kier molecular flexibility index (Phi) is 2.72. The number of hydrogen-bond donors (Lipinski definition) is 0. The molecule has 0 radical (unpaired) electrons. The highest BCUT2D eigenvalue weighted by Crippen LogP contribution is 2.11. The summed E-state index contributed by atoms with van der Waals surface area (Å²) in [4.78, 5) is 17.2. The third-order valence-corrected chi connectivity index (χ3v) is 4.14. The Balaban J connectivity index is 2.20. The first-order valence-corrected chi connectivity index (χ1v) is 6.86. The van der Waals surface area contributed by atoms with E-state index in [4.69, 9.17) is 0 Å². The average Bonchev–Trinajstić information content (AvgIpc) is 2.84. The van der Waals surface area contributed by atoms with Crippen LogP contribution in [0.2, 0.25) is 0 Å². The number of thiazole rings is 1. The van der Waals surface area contributed by atoms with E-state index in [2.05, 4.69) is 20.9 Å². The maximum atomic E-state index is 12.0. The van der Waals surface area contributed by atoms with E-state index < -0.39 is 0 Å². The molecular weight excluding hydrogens is 300 g/mol. The van der Waals surface area contributed by atoms with Crippen LogP contribution < -0.4 is 14.9 Å². The van der Waals surface area contributed by atoms with Gasteiger partial charge in [0.05, 0.1) is 11.1 Å². The monoisotopic (exact) mass is 308 g/mol. The van der Waals surface area contributed by atoms with Gasteiger partial charge in [0.15, 0.2) is 4.80 Å². The Morgan fingerprint density at radius 2 is 2.35 bits per heavy atom. The van der Waals surface area contributed by atoms with Gasteiger partial charge in [-0.1, -0.05) is 39.4 Å². The van der Waals surface area contributed by atoms with Crippen LogP contribution >= 0.6 is 27.3 Å². The minimum absolute atomic E-state index is 0.0752. The van der Waals surface area contributed by atoms with Gasteiger partial charge in [-0.2, -0.15) is 0 Å². The minimum Gasteiger partial charge on any atom is -0.282 e. The lowest BCUT2D eigenvalue weighted by Gasteiger charge is -1.92. The highest BCUT2D eigenvalue weighted by molar-refractivity contribution is 9.10. The van der Waals surface area contributed by atoms with Gasteiger partial charge in [0.2, 0.25) is 0 Å². The summed E-state index contributed by atoms with van der Waals surface area (Å²) in [5.41, 5.74) is 1.10. The second-order valence-corrected chi connectivity index (χ2v) is 5.71. The Morgan fingerprint density at radius 1 is 1.47 bits per heavy atom. The van der Waals surface area contributed by atoms with Crippen molar-refractivity contribution in [3.05, 3.63) is 54.0 Å². The van der Waals surface area contributed by atoms with E-state index in [1.54, 1.807) is 4.57 Å². The minimum atomic E-state index is 0.0752. The van der Waals surface area contributed by atoms with Gasteiger partial charge in [0.25, 0.3) is 5.56 Å². The molecule has 0 bridgehead atoms. The number of halogens is 1. The number of fused-ring (bicyclic) bond motifs is 1. The first kappa shape index (κ1) is 10.9. The van der Waals surface area contributed by atoms with E-state index in [0.29, 0.717) is 0 Å². The van der Waals surface area contributed by atoms with Crippen LogP contribution in [-0.2, 0) is 6.54 Å². The van der Waals surface area contributed by atoms with E-state index in [9.17, 15) is 4.79 Å². The molecule has 86 valence electrons. The first-order valence-electron chi connectivity index (χ1n) is 5.25. The van der Waals surface area contributed by atoms with Crippen LogP contribution in [0.1, 0.15) is 5.56 Å². The van der Waals surface area contributed by atoms with Gasteiger partial charge >= 0.3 is 0 Å². The summed E-state index contributed by atoms with van der Waals surface area (Å²) in [6, 6.07) is 7.90. The molecule has 1 aliphatic rings. The van der Waals surface area contributed by atoms with Crippen LogP contribution in [0.15, 0.2) is 38.5 Å². The molecule has 3 rings (SSSR count). The predicted octanol–water partition coefficient (Wildman–Crippen LogP) is 1.13. The van der Waals surface area contributed by atoms with Crippen LogP contribution in [-0.4, -0.2) is 11.1 Å². The van der Waals surface area contributed by atoms with Crippen molar-refractivity contribution in [1.29, 1.82) is 0 Å². The summed E-state index contributed by atoms with van der Waals surface area (Å²) in [6.45, 7) is 1.45. The molecule has 0 N–H and O–H groups in total. The van der Waals surface area contributed by atoms with Gasteiger partial charge in [-0.15, -0.1) is 0 Å². The van der Waals surface area contributed by atoms with E-state index in [1.165, 1.54) is 11.3 Å². The van der Waals surface area contributed by atoms with Crippen molar-refractivity contribution >= 4 is 33.3 Å². The molecule has 17 heavy (non-hydrogen) atoms. The quantitative estimate of drug-likeness (QED) is 0.778. The summed E-state index contributed by atoms with van der Waals surface area (Å²) in [5, 5.41) is 0. The maximum absolute atomic E-state index is 12.0. The summed E-state index contributed by atoms with van der Waals surface area (Å²) in [7, 11) is 0. The Labute approximate surface area is 110 Å². The summed E-state index contributed by atoms with van der Waals surface area (Å²) >= 11 is 4.88. The van der Waals surface area contributed by atoms with Gasteiger partial charge < -0.3 is 0 Å². The maximum Gasteiger partial charge on any atom is 0.270 e. The van der Waals surface area contributed by atoms with E-state index in [0.717, 1.165) is 32.5 Å². The summed E-state index contributed by atoms with van der Waals surface area (Å²) < 4.78 is 3.51. The number of hydrogen-bond acceptors (Lipinski definition) is 3. The third kappa shape index (κ3) is 2.00. The van der Waals surface area contributed by atoms with Gasteiger partial charge in [-0.25, -0.2) is 0 Å². The number of aromatic nitrogens is 1. The lowest BCUT2D eigenvalue weighted by Crippen LogP contribution is -2.29. The van der Waals surface area contributed by atoms with Crippen molar-refractivity contribution in [2.45, 2.75) is 6.54 Å². The Morgan fingerprint density at radius 3 is 3.12 bits per heavy atom. The second kappa shape index (κ2) is 4.23. The molecule has 0 saturated heterocycles. The molecule has 0 fully saturated rings. The molecule has 1 aromatic heterocycles. The van der Waals surface area contributed by atoms with E-state index >= 15 is 0 Å². The number of nitrogens with zero attached hydrogens (tertiary/aromatic N) is 2. The molecule has 1 aromatic carbocycles. The zero-order valence-electron chi connectivity index (χ0n) is 8.89. The zero-order chi connectivity index (χ0) is 11.8. The Hall–Kier alpha value is -1.20. The highest BCUT2D eigenvalue weighted by atomic mass is 79.9. The molecule has 0 spiro atoms. The van der Waals surface area contributed by atoms with Gasteiger partial charge in [0.1, 0.15) is 0 Å². The van der Waals surface area contributed by atoms with Crippen molar-refractivity contribution in [2.24, 2.45) is 4.99 Å². The van der Waals surface area contributed by atoms with Crippen molar-refractivity contribution in [3.63, 3.8) is 0 Å². The van der Waals surface area contributed by atoms with Gasteiger partial charge in [-0.3, -0.25) is 14.4 Å². The standard InChI is InChI=1S/C12H9BrN2OS/c13-9-3-1-2-8(6-9)7-10-11(16)15-5-4-14-12(15)17-10/h1-3,6-7H,4-5H2. The molecule has 5 heteroatoms. The molecule has 2 heterocycles. The summed E-state index contributed by atoms with van der Waals surface area (Å²) in [6.07, 6.45) is 1.92. The SMILES string of the molecule is O=c1c(=Cc2cccc(Br)c2)sc2n1CCN=2. The first-order chi connectivity index (χ1) is 8.24. The molecule has 0 unspecified atom stereocenters. The fourth-order valence-corrected chi connectivity index (χ4v) is 3.26. The van der Waals surface area contributed by atoms with Crippen LogP contribution in [0, 0.1) is 0 Å². The Bertz CT molecular complexity index is 745. The van der Waals surface area contributed by atoms with Crippen LogP contribution in [0.4, 0.5) is 0 Å². The predicted molar refractivity (Wildman–Crippen MR) is 71.9 cm³/mol. The lowest BCUT2D eigenvalue weighted by molar-refractivity contribution is 0.740. The van der Waals surface area contributed by atoms with E-state index in [1.807, 2.05) is 30.3 Å². The molecule has 3 nitrogen and oxygen atoms in total. The smallest absolute Gasteiger partial charge is 0.270 e. The van der Waals surface area contributed by atoms with Crippen LogP contribution in [0.25, 0.3) is 6.08 Å². The molecule has 2 aromatic rings. The number of benzene rings is 1. The average molecular weight is 309 g/mol. The van der Waals surface area contributed by atoms with Crippen LogP contribution in [0.5, 0.6) is 0 Å². The second-order valence-electron chi connectivity index (χ2n) is 3.79. The normalized spacial score (nSPS) is 14.8. The zero-order valence-corrected chi connectivity index (χ0v) is 11.3. The fraction of sp³-hybridized carbons (Fsp3) is 0.167. The third-order valence-electron chi connectivity index (χ3n) is 2.61. The highest BCUT2D eigenvalue weighted by Gasteiger charge is 2.09. The van der Waals surface area contributed by atoms with Crippen LogP contribution in [0.3, 0.4) is 0 Å². The largest absolute Gasteiger partial charge is 0.282 e. The fourth-order valence-electron chi connectivity index (χ4n) is 1.82. The number of rotatable bonds is 1. The van der Waals surface area contributed by atoms with Gasteiger partial charge in [0, 0.05) is 11.0 Å². The van der Waals surface area contributed by atoms with Crippen molar-refractivity contribution < 1.29 is 0 Å². The summed E-state index contributed by atoms with van der Waals surface area (Å²) in [5.74, 6) is 0. The molecular formula is C12H9BrN2OS. The van der Waals surface area contributed by atoms with Gasteiger partial charge in [-0.05, 0) is 23.8 Å². The lowest BCUT2D eigenvalue weighted by atomic mass is 10.2. The van der Waals surface area contributed by atoms with Crippen molar-refractivity contribution in [3.8, 4) is 0 Å². The molecule has 1 aliphatic heterocycles. The van der Waals surface area contributed by atoms with E-state index in [-0.39, 0.29) is 5.56 Å². The molecule has 0 saturated carbocycles. The topological polar surface area (TPSA) is 34.4 Å². The van der Waals surface area contributed by atoms with Crippen molar-refractivity contribution in [2.75, 3.05) is 6.54 Å². The molecule has 0 aliphatic carbocycles. The molecule has 0 atom stereocenters. The van der Waals surface area contributed by atoms with Crippen molar-refractivity contribution in [1.82, 2.24) is 4.57 Å².